The van der Waals surface area contributed by atoms with Crippen LogP contribution in [0.25, 0.3) is 22.4 Å². The number of piperazine rings is 1. The molecule has 3 aromatic heterocycles. The first-order valence-electron chi connectivity index (χ1n) is 9.88. The van der Waals surface area contributed by atoms with Gasteiger partial charge in [0.25, 0.3) is 5.91 Å². The van der Waals surface area contributed by atoms with Crippen molar-refractivity contribution < 1.29 is 22.1 Å². The number of carbonyl (C=O) groups excluding carboxylic acids is 1. The monoisotopic (exact) mass is 455 g/mol. The predicted octanol–water partition coefficient (Wildman–Crippen LogP) is 2.50. The van der Waals surface area contributed by atoms with Gasteiger partial charge < -0.3 is 14.4 Å². The van der Waals surface area contributed by atoms with Gasteiger partial charge in [-0.15, -0.1) is 0 Å². The standard InChI is InChI=1S/C21H18FN5O4S/c22-16-6-2-1-4-14(16)18-12-17(25-31-18)21(28)26-8-10-27(11-9-26)32(29,30)19-13-24-20-15(19)5-3-7-23-20/h1-7,12-13H,8-11H2,(H,23,24). The molecule has 0 bridgehead atoms. The van der Waals surface area contributed by atoms with Crippen LogP contribution in [0.15, 0.2) is 64.3 Å². The first-order valence-corrected chi connectivity index (χ1v) is 11.3. The highest BCUT2D eigenvalue weighted by Gasteiger charge is 2.33. The number of halogens is 1. The molecule has 0 aliphatic carbocycles. The van der Waals surface area contributed by atoms with E-state index in [2.05, 4.69) is 15.1 Å². The van der Waals surface area contributed by atoms with Crippen molar-refractivity contribution in [2.75, 3.05) is 26.2 Å². The molecule has 9 nitrogen and oxygen atoms in total. The quantitative estimate of drug-likeness (QED) is 0.506. The second-order valence-corrected chi connectivity index (χ2v) is 9.21. The Labute approximate surface area is 182 Å². The molecule has 1 aliphatic heterocycles. The average Bonchev–Trinajstić information content (AvgIpc) is 3.47. The number of benzene rings is 1. The summed E-state index contributed by atoms with van der Waals surface area (Å²) >= 11 is 0. The van der Waals surface area contributed by atoms with Crippen molar-refractivity contribution in [3.8, 4) is 11.3 Å². The molecule has 1 amide bonds. The summed E-state index contributed by atoms with van der Waals surface area (Å²) in [6.07, 6.45) is 3.02. The Hall–Kier alpha value is -3.57. The summed E-state index contributed by atoms with van der Waals surface area (Å²) in [5, 5.41) is 4.30. The predicted molar refractivity (Wildman–Crippen MR) is 113 cm³/mol. The second kappa shape index (κ2) is 7.84. The molecule has 1 aromatic carbocycles. The Morgan fingerprint density at radius 2 is 1.88 bits per heavy atom. The molecule has 0 saturated carbocycles. The lowest BCUT2D eigenvalue weighted by molar-refractivity contribution is 0.0687. The molecule has 1 N–H and O–H groups in total. The number of nitrogens with one attached hydrogen (secondary N) is 1. The van der Waals surface area contributed by atoms with E-state index in [0.717, 1.165) is 0 Å². The number of carbonyl (C=O) groups is 1. The van der Waals surface area contributed by atoms with E-state index < -0.39 is 21.7 Å². The van der Waals surface area contributed by atoms with E-state index in [-0.39, 0.29) is 48.1 Å². The smallest absolute Gasteiger partial charge is 0.276 e. The summed E-state index contributed by atoms with van der Waals surface area (Å²) in [5.74, 6) is -0.723. The van der Waals surface area contributed by atoms with Gasteiger partial charge in [0.2, 0.25) is 10.0 Å². The molecule has 1 aliphatic rings. The van der Waals surface area contributed by atoms with E-state index in [1.165, 1.54) is 33.6 Å². The van der Waals surface area contributed by atoms with E-state index in [1.807, 2.05) is 0 Å². The molecule has 5 rings (SSSR count). The van der Waals surface area contributed by atoms with Gasteiger partial charge in [-0.05, 0) is 24.3 Å². The van der Waals surface area contributed by atoms with Crippen molar-refractivity contribution in [1.82, 2.24) is 24.3 Å². The van der Waals surface area contributed by atoms with Crippen LogP contribution in [0.3, 0.4) is 0 Å². The van der Waals surface area contributed by atoms with Gasteiger partial charge in [-0.25, -0.2) is 17.8 Å². The number of amides is 1. The van der Waals surface area contributed by atoms with Crippen LogP contribution in [-0.2, 0) is 10.0 Å². The molecule has 32 heavy (non-hydrogen) atoms. The zero-order valence-corrected chi connectivity index (χ0v) is 17.5. The molecule has 0 spiro atoms. The maximum atomic E-state index is 14.0. The molecule has 4 heterocycles. The Morgan fingerprint density at radius 1 is 1.09 bits per heavy atom. The summed E-state index contributed by atoms with van der Waals surface area (Å²) in [5.41, 5.74) is 0.752. The third kappa shape index (κ3) is 3.45. The van der Waals surface area contributed by atoms with Crippen molar-refractivity contribution in [3.05, 3.63) is 66.4 Å². The first kappa shape index (κ1) is 20.3. The van der Waals surface area contributed by atoms with Gasteiger partial charge in [-0.1, -0.05) is 17.3 Å². The number of hydrogen-bond donors (Lipinski definition) is 1. The molecule has 11 heteroatoms. The number of nitrogens with zero attached hydrogens (tertiary/aromatic N) is 4. The minimum absolute atomic E-state index is 0.0438. The van der Waals surface area contributed by atoms with E-state index in [0.29, 0.717) is 11.0 Å². The number of pyridine rings is 1. The van der Waals surface area contributed by atoms with Gasteiger partial charge in [-0.2, -0.15) is 4.31 Å². The summed E-state index contributed by atoms with van der Waals surface area (Å²) in [6.45, 7) is 0.666. The summed E-state index contributed by atoms with van der Waals surface area (Å²) in [4.78, 5) is 21.5. The molecule has 4 aromatic rings. The summed E-state index contributed by atoms with van der Waals surface area (Å²) in [6, 6.07) is 10.8. The van der Waals surface area contributed by atoms with Crippen LogP contribution in [0.5, 0.6) is 0 Å². The van der Waals surface area contributed by atoms with Crippen LogP contribution < -0.4 is 0 Å². The average molecular weight is 455 g/mol. The molecular weight excluding hydrogens is 437 g/mol. The topological polar surface area (TPSA) is 112 Å². The SMILES string of the molecule is O=C(c1cc(-c2ccccc2F)on1)N1CCN(S(=O)(=O)c2c[nH]c3ncccc23)CC1. The fourth-order valence-corrected chi connectivity index (χ4v) is 5.31. The third-order valence-electron chi connectivity index (χ3n) is 5.43. The maximum Gasteiger partial charge on any atom is 0.276 e. The van der Waals surface area contributed by atoms with E-state index >= 15 is 0 Å². The van der Waals surface area contributed by atoms with Crippen molar-refractivity contribution in [2.45, 2.75) is 4.90 Å². The molecule has 1 saturated heterocycles. The zero-order chi connectivity index (χ0) is 22.3. The van der Waals surface area contributed by atoms with E-state index in [9.17, 15) is 17.6 Å². The Bertz CT molecular complexity index is 1410. The lowest BCUT2D eigenvalue weighted by Gasteiger charge is -2.33. The molecule has 0 atom stereocenters. The molecule has 164 valence electrons. The number of fused-ring (bicyclic) bond motifs is 1. The molecule has 0 unspecified atom stereocenters. The molecular formula is C21H18FN5O4S. The Kier molecular flexibility index (Phi) is 4.98. The van der Waals surface area contributed by atoms with Gasteiger partial charge in [0.05, 0.1) is 5.56 Å². The first-order chi connectivity index (χ1) is 15.4. The lowest BCUT2D eigenvalue weighted by atomic mass is 10.1. The fourth-order valence-electron chi connectivity index (χ4n) is 3.74. The summed E-state index contributed by atoms with van der Waals surface area (Å²) < 4.78 is 46.7. The van der Waals surface area contributed by atoms with Crippen molar-refractivity contribution in [3.63, 3.8) is 0 Å². The lowest BCUT2D eigenvalue weighted by Crippen LogP contribution is -2.50. The van der Waals surface area contributed by atoms with E-state index in [1.54, 1.807) is 30.5 Å². The van der Waals surface area contributed by atoms with Crippen molar-refractivity contribution in [2.24, 2.45) is 0 Å². The molecule has 0 radical (unpaired) electrons. The van der Waals surface area contributed by atoms with E-state index in [4.69, 9.17) is 4.52 Å². The van der Waals surface area contributed by atoms with Crippen LogP contribution in [0.4, 0.5) is 4.39 Å². The fraction of sp³-hybridized carbons (Fsp3) is 0.190. The van der Waals surface area contributed by atoms with Crippen LogP contribution in [0, 0.1) is 5.82 Å². The highest BCUT2D eigenvalue weighted by atomic mass is 32.2. The Morgan fingerprint density at radius 3 is 2.66 bits per heavy atom. The molecule has 1 fully saturated rings. The van der Waals surface area contributed by atoms with Gasteiger partial charge in [0, 0.05) is 50.0 Å². The van der Waals surface area contributed by atoms with Crippen molar-refractivity contribution >= 4 is 27.0 Å². The number of aromatic nitrogens is 3. The van der Waals surface area contributed by atoms with Crippen LogP contribution in [0.1, 0.15) is 10.5 Å². The Balaban J connectivity index is 1.30. The highest BCUT2D eigenvalue weighted by Crippen LogP contribution is 2.26. The minimum atomic E-state index is -3.75. The number of hydrogen-bond acceptors (Lipinski definition) is 6. The normalized spacial score (nSPS) is 15.3. The minimum Gasteiger partial charge on any atom is -0.355 e. The number of rotatable bonds is 4. The largest absolute Gasteiger partial charge is 0.355 e. The van der Waals surface area contributed by atoms with Crippen LogP contribution >= 0.6 is 0 Å². The zero-order valence-electron chi connectivity index (χ0n) is 16.7. The number of sulfonamides is 1. The second-order valence-electron chi connectivity index (χ2n) is 7.31. The van der Waals surface area contributed by atoms with Crippen molar-refractivity contribution in [1.29, 1.82) is 0 Å². The van der Waals surface area contributed by atoms with Gasteiger partial charge in [0.1, 0.15) is 16.4 Å². The third-order valence-corrected chi connectivity index (χ3v) is 7.36. The number of H-pyrrole nitrogens is 1. The highest BCUT2D eigenvalue weighted by molar-refractivity contribution is 7.89. The van der Waals surface area contributed by atoms with Gasteiger partial charge >= 0.3 is 0 Å². The van der Waals surface area contributed by atoms with Gasteiger partial charge in [-0.3, -0.25) is 4.79 Å². The summed E-state index contributed by atoms with van der Waals surface area (Å²) in [7, 11) is -3.75. The van der Waals surface area contributed by atoms with Gasteiger partial charge in [0.15, 0.2) is 11.5 Å². The van der Waals surface area contributed by atoms with Crippen LogP contribution in [0.2, 0.25) is 0 Å². The van der Waals surface area contributed by atoms with Crippen LogP contribution in [-0.4, -0.2) is 64.8 Å². The number of aromatic amines is 1. The maximum absolute atomic E-state index is 14.0.